The van der Waals surface area contributed by atoms with Crippen molar-refractivity contribution in [1.82, 2.24) is 5.32 Å². The lowest BCUT2D eigenvalue weighted by Crippen LogP contribution is -2.36. The van der Waals surface area contributed by atoms with E-state index in [0.717, 1.165) is 12.8 Å². The summed E-state index contributed by atoms with van der Waals surface area (Å²) in [4.78, 5) is 22.9. The fraction of sp³-hybridized carbons (Fsp3) is 0.300. The van der Waals surface area contributed by atoms with E-state index in [1.165, 1.54) is 11.6 Å². The SMILES string of the molecule is CCCc1ccc(OCC(=O)Nc2cccc(CNC(=O)C(F)(F)F)c2)cc1. The Hall–Kier alpha value is -3.03. The third-order valence-corrected chi connectivity index (χ3v) is 3.75. The molecule has 28 heavy (non-hydrogen) atoms. The van der Waals surface area contributed by atoms with E-state index in [9.17, 15) is 22.8 Å². The van der Waals surface area contributed by atoms with E-state index >= 15 is 0 Å². The maximum absolute atomic E-state index is 12.2. The minimum absolute atomic E-state index is 0.206. The van der Waals surface area contributed by atoms with Crippen LogP contribution >= 0.6 is 0 Å². The second kappa shape index (κ2) is 9.77. The smallest absolute Gasteiger partial charge is 0.471 e. The molecule has 0 saturated carbocycles. The van der Waals surface area contributed by atoms with E-state index in [1.54, 1.807) is 35.6 Å². The van der Waals surface area contributed by atoms with Gasteiger partial charge in [-0.25, -0.2) is 0 Å². The molecule has 2 aromatic carbocycles. The minimum Gasteiger partial charge on any atom is -0.484 e. The average Bonchev–Trinajstić information content (AvgIpc) is 2.65. The zero-order valence-corrected chi connectivity index (χ0v) is 15.3. The molecule has 2 rings (SSSR count). The maximum Gasteiger partial charge on any atom is 0.471 e. The highest BCUT2D eigenvalue weighted by atomic mass is 19.4. The monoisotopic (exact) mass is 394 g/mol. The summed E-state index contributed by atoms with van der Waals surface area (Å²) in [5.74, 6) is -1.85. The summed E-state index contributed by atoms with van der Waals surface area (Å²) >= 11 is 0. The fourth-order valence-electron chi connectivity index (χ4n) is 2.43. The van der Waals surface area contributed by atoms with E-state index in [4.69, 9.17) is 4.74 Å². The van der Waals surface area contributed by atoms with Crippen LogP contribution in [0.2, 0.25) is 0 Å². The van der Waals surface area contributed by atoms with Gasteiger partial charge in [-0.2, -0.15) is 13.2 Å². The first-order valence-electron chi connectivity index (χ1n) is 8.73. The van der Waals surface area contributed by atoms with Gasteiger partial charge in [-0.3, -0.25) is 9.59 Å². The van der Waals surface area contributed by atoms with E-state index in [1.807, 2.05) is 12.1 Å². The molecule has 0 saturated heterocycles. The van der Waals surface area contributed by atoms with Gasteiger partial charge in [0, 0.05) is 12.2 Å². The molecule has 0 aliphatic rings. The summed E-state index contributed by atoms with van der Waals surface area (Å²) < 4.78 is 42.0. The Labute approximate surface area is 160 Å². The van der Waals surface area contributed by atoms with Crippen molar-refractivity contribution >= 4 is 17.5 Å². The van der Waals surface area contributed by atoms with Crippen LogP contribution in [0, 0.1) is 0 Å². The van der Waals surface area contributed by atoms with E-state index in [2.05, 4.69) is 12.2 Å². The number of hydrogen-bond acceptors (Lipinski definition) is 3. The third kappa shape index (κ3) is 6.94. The second-order valence-electron chi connectivity index (χ2n) is 6.11. The summed E-state index contributed by atoms with van der Waals surface area (Å²) in [6.07, 6.45) is -2.92. The molecule has 0 radical (unpaired) electrons. The first-order chi connectivity index (χ1) is 13.3. The van der Waals surface area contributed by atoms with Gasteiger partial charge in [0.2, 0.25) is 0 Å². The number of carbonyl (C=O) groups excluding carboxylic acids is 2. The second-order valence-corrected chi connectivity index (χ2v) is 6.11. The van der Waals surface area contributed by atoms with Gasteiger partial charge in [0.1, 0.15) is 5.75 Å². The molecule has 0 aliphatic carbocycles. The highest BCUT2D eigenvalue weighted by Gasteiger charge is 2.38. The lowest BCUT2D eigenvalue weighted by molar-refractivity contribution is -0.173. The van der Waals surface area contributed by atoms with Crippen LogP contribution in [0.3, 0.4) is 0 Å². The number of anilines is 1. The Morgan fingerprint density at radius 1 is 1.04 bits per heavy atom. The highest BCUT2D eigenvalue weighted by molar-refractivity contribution is 5.92. The van der Waals surface area contributed by atoms with Crippen LogP contribution in [0.15, 0.2) is 48.5 Å². The van der Waals surface area contributed by atoms with E-state index in [-0.39, 0.29) is 13.2 Å². The highest BCUT2D eigenvalue weighted by Crippen LogP contribution is 2.16. The van der Waals surface area contributed by atoms with Gasteiger partial charge in [-0.1, -0.05) is 37.6 Å². The number of hydrogen-bond donors (Lipinski definition) is 2. The molecular formula is C20H21F3N2O3. The summed E-state index contributed by atoms with van der Waals surface area (Å²) in [5.41, 5.74) is 2.00. The predicted octanol–water partition coefficient (Wildman–Crippen LogP) is 3.84. The molecule has 0 fully saturated rings. The molecule has 0 heterocycles. The Kier molecular flexibility index (Phi) is 7.43. The number of amides is 2. The van der Waals surface area contributed by atoms with Crippen molar-refractivity contribution in [3.05, 3.63) is 59.7 Å². The van der Waals surface area contributed by atoms with E-state index < -0.39 is 18.0 Å². The lowest BCUT2D eigenvalue weighted by atomic mass is 10.1. The topological polar surface area (TPSA) is 67.4 Å². The summed E-state index contributed by atoms with van der Waals surface area (Å²) in [6, 6.07) is 13.6. The van der Waals surface area contributed by atoms with Crippen LogP contribution in [0.4, 0.5) is 18.9 Å². The number of aryl methyl sites for hydroxylation is 1. The van der Waals surface area contributed by atoms with Gasteiger partial charge in [-0.05, 0) is 41.8 Å². The molecule has 0 aliphatic heterocycles. The molecule has 150 valence electrons. The van der Waals surface area contributed by atoms with Crippen molar-refractivity contribution in [1.29, 1.82) is 0 Å². The van der Waals surface area contributed by atoms with Crippen molar-refractivity contribution < 1.29 is 27.5 Å². The lowest BCUT2D eigenvalue weighted by Gasteiger charge is -2.10. The van der Waals surface area contributed by atoms with Crippen molar-refractivity contribution in [3.63, 3.8) is 0 Å². The number of ether oxygens (including phenoxy) is 1. The van der Waals surface area contributed by atoms with Crippen LogP contribution in [-0.4, -0.2) is 24.6 Å². The molecule has 2 amide bonds. The number of benzene rings is 2. The zero-order chi connectivity index (χ0) is 20.6. The average molecular weight is 394 g/mol. The van der Waals surface area contributed by atoms with Gasteiger partial charge in [0.15, 0.2) is 6.61 Å². The number of nitrogens with one attached hydrogen (secondary N) is 2. The molecule has 5 nitrogen and oxygen atoms in total. The number of rotatable bonds is 8. The van der Waals surface area contributed by atoms with Crippen molar-refractivity contribution in [2.24, 2.45) is 0 Å². The molecule has 0 aromatic heterocycles. The Bertz CT molecular complexity index is 805. The maximum atomic E-state index is 12.2. The first-order valence-corrected chi connectivity index (χ1v) is 8.73. The van der Waals surface area contributed by atoms with Crippen LogP contribution in [0.25, 0.3) is 0 Å². The van der Waals surface area contributed by atoms with Gasteiger partial charge >= 0.3 is 12.1 Å². The van der Waals surface area contributed by atoms with E-state index in [0.29, 0.717) is 17.0 Å². The molecule has 0 atom stereocenters. The third-order valence-electron chi connectivity index (χ3n) is 3.75. The van der Waals surface area contributed by atoms with Crippen molar-refractivity contribution in [2.75, 3.05) is 11.9 Å². The molecule has 2 aromatic rings. The number of carbonyl (C=O) groups is 2. The minimum atomic E-state index is -4.93. The molecule has 0 spiro atoms. The fourth-order valence-corrected chi connectivity index (χ4v) is 2.43. The Morgan fingerprint density at radius 3 is 2.39 bits per heavy atom. The largest absolute Gasteiger partial charge is 0.484 e. The Morgan fingerprint density at radius 2 is 1.75 bits per heavy atom. The molecular weight excluding hydrogens is 373 g/mol. The molecule has 8 heteroatoms. The number of alkyl halides is 3. The van der Waals surface area contributed by atoms with Crippen molar-refractivity contribution in [2.45, 2.75) is 32.5 Å². The van der Waals surface area contributed by atoms with Crippen molar-refractivity contribution in [3.8, 4) is 5.75 Å². The van der Waals surface area contributed by atoms with Crippen LogP contribution < -0.4 is 15.4 Å². The summed E-state index contributed by atoms with van der Waals surface area (Å²) in [5, 5.41) is 4.38. The van der Waals surface area contributed by atoms with Crippen LogP contribution in [-0.2, 0) is 22.6 Å². The number of halogens is 3. The molecule has 0 unspecified atom stereocenters. The summed E-state index contributed by atoms with van der Waals surface area (Å²) in [6.45, 7) is 1.58. The van der Waals surface area contributed by atoms with Gasteiger partial charge in [-0.15, -0.1) is 0 Å². The molecule has 2 N–H and O–H groups in total. The first kappa shape index (κ1) is 21.3. The zero-order valence-electron chi connectivity index (χ0n) is 15.3. The summed E-state index contributed by atoms with van der Waals surface area (Å²) in [7, 11) is 0. The molecule has 0 bridgehead atoms. The Balaban J connectivity index is 1.84. The van der Waals surface area contributed by atoms with Gasteiger partial charge in [0.05, 0.1) is 0 Å². The normalized spacial score (nSPS) is 11.0. The van der Waals surface area contributed by atoms with Gasteiger partial charge in [0.25, 0.3) is 5.91 Å². The standard InChI is InChI=1S/C20H21F3N2O3/c1-2-4-14-7-9-17(10-8-14)28-13-18(26)25-16-6-3-5-15(11-16)12-24-19(27)20(21,22)23/h3,5-11H,2,4,12-13H2,1H3,(H,24,27)(H,25,26). The quantitative estimate of drug-likeness (QED) is 0.715. The van der Waals surface area contributed by atoms with Gasteiger partial charge < -0.3 is 15.4 Å². The van der Waals surface area contributed by atoms with Crippen LogP contribution in [0.5, 0.6) is 5.75 Å². The predicted molar refractivity (Wildman–Crippen MR) is 98.9 cm³/mol. The van der Waals surface area contributed by atoms with Crippen LogP contribution in [0.1, 0.15) is 24.5 Å².